The summed E-state index contributed by atoms with van der Waals surface area (Å²) < 4.78 is 2.12. The molecule has 0 amide bonds. The summed E-state index contributed by atoms with van der Waals surface area (Å²) in [7, 11) is 2.04. The lowest BCUT2D eigenvalue weighted by Gasteiger charge is -2.00. The van der Waals surface area contributed by atoms with Crippen molar-refractivity contribution in [3.05, 3.63) is 30.0 Å². The van der Waals surface area contributed by atoms with Gasteiger partial charge in [-0.2, -0.15) is 12.6 Å². The number of nitrogens with zero attached hydrogens (tertiary/aromatic N) is 1. The van der Waals surface area contributed by atoms with Gasteiger partial charge in [-0.15, -0.1) is 0 Å². The van der Waals surface area contributed by atoms with Crippen molar-refractivity contribution in [3.63, 3.8) is 0 Å². The first-order valence-electron chi connectivity index (χ1n) is 4.17. The van der Waals surface area contributed by atoms with Crippen LogP contribution < -0.4 is 5.73 Å². The number of benzene rings is 1. The molecule has 2 N–H and O–H groups in total. The zero-order valence-electron chi connectivity index (χ0n) is 7.49. The lowest BCUT2D eigenvalue weighted by Crippen LogP contribution is -1.92. The number of rotatable bonds is 1. The van der Waals surface area contributed by atoms with Crippen LogP contribution in [-0.4, -0.2) is 4.57 Å². The lowest BCUT2D eigenvalue weighted by molar-refractivity contribution is 0.911. The van der Waals surface area contributed by atoms with Gasteiger partial charge in [0.05, 0.1) is 5.52 Å². The molecule has 3 heteroatoms. The smallest absolute Gasteiger partial charge is 0.0501 e. The van der Waals surface area contributed by atoms with Crippen molar-refractivity contribution in [2.75, 3.05) is 5.73 Å². The van der Waals surface area contributed by atoms with Gasteiger partial charge in [-0.3, -0.25) is 0 Å². The van der Waals surface area contributed by atoms with Crippen LogP contribution in [0.5, 0.6) is 0 Å². The molecule has 1 aromatic carbocycles. The van der Waals surface area contributed by atoms with Crippen molar-refractivity contribution in [1.82, 2.24) is 4.57 Å². The molecule has 1 aromatic heterocycles. The molecule has 68 valence electrons. The number of thiol groups is 1. The molecule has 0 spiro atoms. The molecule has 0 fully saturated rings. The summed E-state index contributed by atoms with van der Waals surface area (Å²) in [6, 6.07) is 8.06. The number of nitrogen functional groups attached to an aromatic ring is 1. The van der Waals surface area contributed by atoms with E-state index in [4.69, 9.17) is 5.73 Å². The van der Waals surface area contributed by atoms with Crippen molar-refractivity contribution in [3.8, 4) is 0 Å². The van der Waals surface area contributed by atoms with Crippen molar-refractivity contribution in [2.45, 2.75) is 5.75 Å². The molecular formula is C10H12N2S. The summed E-state index contributed by atoms with van der Waals surface area (Å²) in [4.78, 5) is 0. The molecular weight excluding hydrogens is 180 g/mol. The van der Waals surface area contributed by atoms with Crippen LogP contribution in [-0.2, 0) is 12.8 Å². The Bertz CT molecular complexity index is 445. The molecule has 0 saturated carbocycles. The van der Waals surface area contributed by atoms with Crippen LogP contribution in [0.2, 0.25) is 0 Å². The van der Waals surface area contributed by atoms with Gasteiger partial charge < -0.3 is 10.3 Å². The molecule has 1 heterocycles. The van der Waals surface area contributed by atoms with Crippen LogP contribution in [0.4, 0.5) is 5.69 Å². The fourth-order valence-corrected chi connectivity index (χ4v) is 1.89. The van der Waals surface area contributed by atoms with Gasteiger partial charge >= 0.3 is 0 Å². The second-order valence-electron chi connectivity index (χ2n) is 3.13. The zero-order chi connectivity index (χ0) is 9.42. The van der Waals surface area contributed by atoms with Gasteiger partial charge in [0.1, 0.15) is 0 Å². The highest BCUT2D eigenvalue weighted by Crippen LogP contribution is 2.24. The summed E-state index contributed by atoms with van der Waals surface area (Å²) >= 11 is 4.26. The van der Waals surface area contributed by atoms with Gasteiger partial charge in [-0.25, -0.2) is 0 Å². The molecule has 0 bridgehead atoms. The number of hydrogen-bond acceptors (Lipinski definition) is 2. The van der Waals surface area contributed by atoms with Crippen LogP contribution in [0.15, 0.2) is 24.3 Å². The molecule has 0 atom stereocenters. The van der Waals surface area contributed by atoms with Gasteiger partial charge in [-0.05, 0) is 18.2 Å². The second-order valence-corrected chi connectivity index (χ2v) is 3.45. The Labute approximate surface area is 82.8 Å². The first-order chi connectivity index (χ1) is 6.24. The molecule has 2 rings (SSSR count). The SMILES string of the molecule is Cn1c(CS)cc2c(N)cccc21. The maximum absolute atomic E-state index is 5.85. The van der Waals surface area contributed by atoms with Gasteiger partial charge in [0.15, 0.2) is 0 Å². The molecule has 0 aliphatic carbocycles. The van der Waals surface area contributed by atoms with E-state index in [1.54, 1.807) is 0 Å². The lowest BCUT2D eigenvalue weighted by atomic mass is 10.2. The molecule has 0 unspecified atom stereocenters. The number of anilines is 1. The summed E-state index contributed by atoms with van der Waals surface area (Å²) in [5.41, 5.74) is 9.05. The van der Waals surface area contributed by atoms with E-state index < -0.39 is 0 Å². The first-order valence-corrected chi connectivity index (χ1v) is 4.81. The van der Waals surface area contributed by atoms with E-state index in [-0.39, 0.29) is 0 Å². The monoisotopic (exact) mass is 192 g/mol. The van der Waals surface area contributed by atoms with E-state index in [0.29, 0.717) is 0 Å². The zero-order valence-corrected chi connectivity index (χ0v) is 8.38. The fraction of sp³-hybridized carbons (Fsp3) is 0.200. The van der Waals surface area contributed by atoms with E-state index in [1.165, 1.54) is 11.2 Å². The average Bonchev–Trinajstić information content (AvgIpc) is 2.45. The van der Waals surface area contributed by atoms with Crippen molar-refractivity contribution in [1.29, 1.82) is 0 Å². The maximum Gasteiger partial charge on any atom is 0.0501 e. The summed E-state index contributed by atoms with van der Waals surface area (Å²) in [5.74, 6) is 0.741. The third kappa shape index (κ3) is 1.20. The predicted molar refractivity (Wildman–Crippen MR) is 60.0 cm³/mol. The molecule has 2 aromatic rings. The Hall–Kier alpha value is -1.09. The number of fused-ring (bicyclic) bond motifs is 1. The quantitative estimate of drug-likeness (QED) is 0.526. The summed E-state index contributed by atoms with van der Waals surface area (Å²) in [6.45, 7) is 0. The van der Waals surface area contributed by atoms with Crippen LogP contribution in [0.3, 0.4) is 0 Å². The molecule has 0 radical (unpaired) electrons. The Kier molecular flexibility index (Phi) is 1.96. The minimum Gasteiger partial charge on any atom is -0.398 e. The van der Waals surface area contributed by atoms with Crippen LogP contribution in [0.1, 0.15) is 5.69 Å². The topological polar surface area (TPSA) is 30.9 Å². The Morgan fingerprint density at radius 3 is 2.85 bits per heavy atom. The third-order valence-corrected chi connectivity index (χ3v) is 2.71. The molecule has 13 heavy (non-hydrogen) atoms. The molecule has 2 nitrogen and oxygen atoms in total. The van der Waals surface area contributed by atoms with Gasteiger partial charge in [-0.1, -0.05) is 6.07 Å². The van der Waals surface area contributed by atoms with Crippen molar-refractivity contribution >= 4 is 29.2 Å². The first kappa shape index (κ1) is 8.51. The molecule has 0 saturated heterocycles. The largest absolute Gasteiger partial charge is 0.398 e. The fourth-order valence-electron chi connectivity index (χ4n) is 1.59. The number of hydrogen-bond donors (Lipinski definition) is 2. The summed E-state index contributed by atoms with van der Waals surface area (Å²) in [5, 5.41) is 1.12. The van der Waals surface area contributed by atoms with Gasteiger partial charge in [0.25, 0.3) is 0 Å². The van der Waals surface area contributed by atoms with E-state index in [0.717, 1.165) is 16.8 Å². The number of aromatic nitrogens is 1. The second kappa shape index (κ2) is 3.00. The maximum atomic E-state index is 5.85. The average molecular weight is 192 g/mol. The van der Waals surface area contributed by atoms with Gasteiger partial charge in [0.2, 0.25) is 0 Å². The van der Waals surface area contributed by atoms with Crippen molar-refractivity contribution < 1.29 is 0 Å². The highest BCUT2D eigenvalue weighted by molar-refractivity contribution is 7.79. The predicted octanol–water partition coefficient (Wildman–Crippen LogP) is 2.19. The van der Waals surface area contributed by atoms with Crippen LogP contribution in [0.25, 0.3) is 10.9 Å². The van der Waals surface area contributed by atoms with E-state index >= 15 is 0 Å². The highest BCUT2D eigenvalue weighted by Gasteiger charge is 2.05. The molecule has 0 aliphatic rings. The van der Waals surface area contributed by atoms with Crippen LogP contribution >= 0.6 is 12.6 Å². The van der Waals surface area contributed by atoms with E-state index in [9.17, 15) is 0 Å². The Morgan fingerprint density at radius 2 is 2.23 bits per heavy atom. The third-order valence-electron chi connectivity index (χ3n) is 2.38. The Morgan fingerprint density at radius 1 is 1.46 bits per heavy atom. The van der Waals surface area contributed by atoms with Crippen molar-refractivity contribution in [2.24, 2.45) is 7.05 Å². The minimum atomic E-state index is 0.741. The van der Waals surface area contributed by atoms with E-state index in [2.05, 4.69) is 29.3 Å². The highest BCUT2D eigenvalue weighted by atomic mass is 32.1. The summed E-state index contributed by atoms with van der Waals surface area (Å²) in [6.07, 6.45) is 0. The molecule has 0 aliphatic heterocycles. The number of aryl methyl sites for hydroxylation is 1. The Balaban J connectivity index is 2.83. The minimum absolute atomic E-state index is 0.741. The normalized spacial score (nSPS) is 10.9. The number of nitrogens with two attached hydrogens (primary N) is 1. The van der Waals surface area contributed by atoms with Gasteiger partial charge in [0, 0.05) is 29.6 Å². The van der Waals surface area contributed by atoms with Crippen LogP contribution in [0, 0.1) is 0 Å². The van der Waals surface area contributed by atoms with E-state index in [1.807, 2.05) is 19.2 Å². The standard InChI is InChI=1S/C10H12N2S/c1-12-7(6-13)5-8-9(11)3-2-4-10(8)12/h2-5,13H,6,11H2,1H3.